The minimum absolute atomic E-state index is 0.738. The molecule has 17 heavy (non-hydrogen) atoms. The molecule has 0 fully saturated rings. The van der Waals surface area contributed by atoms with E-state index >= 15 is 0 Å². The molecule has 0 aliphatic carbocycles. The molecule has 0 bridgehead atoms. The Kier molecular flexibility index (Phi) is 2.49. The van der Waals surface area contributed by atoms with Crippen LogP contribution in [-0.2, 0) is 6.54 Å². The van der Waals surface area contributed by atoms with E-state index < -0.39 is 0 Å². The van der Waals surface area contributed by atoms with Gasteiger partial charge in [-0.05, 0) is 13.0 Å². The monoisotopic (exact) mass is 245 g/mol. The maximum atomic E-state index is 4.35. The molecule has 86 valence electrons. The summed E-state index contributed by atoms with van der Waals surface area (Å²) in [6.45, 7) is 2.71. The lowest BCUT2D eigenvalue weighted by Gasteiger charge is -2.04. The second kappa shape index (κ2) is 4.14. The summed E-state index contributed by atoms with van der Waals surface area (Å²) in [5.41, 5.74) is 3.81. The quantitative estimate of drug-likeness (QED) is 0.767. The Balaban J connectivity index is 1.89. The first-order valence-corrected chi connectivity index (χ1v) is 6.13. The summed E-state index contributed by atoms with van der Waals surface area (Å²) in [6.07, 6.45) is 5.45. The van der Waals surface area contributed by atoms with Crippen LogP contribution in [0.5, 0.6) is 0 Å². The molecule has 0 aliphatic heterocycles. The van der Waals surface area contributed by atoms with Gasteiger partial charge in [0.15, 0.2) is 5.82 Å². The van der Waals surface area contributed by atoms with E-state index in [2.05, 4.69) is 20.4 Å². The molecule has 5 nitrogen and oxygen atoms in total. The first-order chi connectivity index (χ1) is 8.33. The van der Waals surface area contributed by atoms with Crippen LogP contribution >= 0.6 is 11.3 Å². The molecule has 0 amide bonds. The number of fused-ring (bicyclic) bond motifs is 1. The van der Waals surface area contributed by atoms with Crippen molar-refractivity contribution in [2.75, 3.05) is 5.32 Å². The van der Waals surface area contributed by atoms with Crippen LogP contribution in [0.1, 0.15) is 10.6 Å². The summed E-state index contributed by atoms with van der Waals surface area (Å²) in [5, 5.41) is 7.65. The average Bonchev–Trinajstić information content (AvgIpc) is 2.93. The SMILES string of the molecule is Cc1cc2c(NCc3cncs3)nccn2n1. The van der Waals surface area contributed by atoms with Crippen LogP contribution in [0.4, 0.5) is 5.82 Å². The van der Waals surface area contributed by atoms with Crippen molar-refractivity contribution >= 4 is 22.7 Å². The fraction of sp³-hybridized carbons (Fsp3) is 0.182. The summed E-state index contributed by atoms with van der Waals surface area (Å²) in [5.74, 6) is 0.849. The number of nitrogens with one attached hydrogen (secondary N) is 1. The third-order valence-corrected chi connectivity index (χ3v) is 3.21. The summed E-state index contributed by atoms with van der Waals surface area (Å²) < 4.78 is 1.83. The van der Waals surface area contributed by atoms with Gasteiger partial charge in [-0.25, -0.2) is 9.50 Å². The van der Waals surface area contributed by atoms with E-state index in [-0.39, 0.29) is 0 Å². The largest absolute Gasteiger partial charge is 0.363 e. The maximum absolute atomic E-state index is 4.35. The minimum atomic E-state index is 0.738. The van der Waals surface area contributed by atoms with Crippen molar-refractivity contribution in [3.05, 3.63) is 40.7 Å². The van der Waals surface area contributed by atoms with Crippen LogP contribution in [0.3, 0.4) is 0 Å². The number of thiazole rings is 1. The highest BCUT2D eigenvalue weighted by Crippen LogP contribution is 2.16. The van der Waals surface area contributed by atoms with E-state index in [1.807, 2.05) is 35.4 Å². The lowest BCUT2D eigenvalue weighted by Crippen LogP contribution is -2.02. The van der Waals surface area contributed by atoms with E-state index in [1.54, 1.807) is 17.5 Å². The third kappa shape index (κ3) is 1.99. The molecule has 0 aliphatic rings. The lowest BCUT2D eigenvalue weighted by atomic mass is 10.4. The molecule has 6 heteroatoms. The molecule has 0 radical (unpaired) electrons. The number of hydrogen-bond acceptors (Lipinski definition) is 5. The zero-order valence-corrected chi connectivity index (χ0v) is 10.1. The van der Waals surface area contributed by atoms with Gasteiger partial charge in [0.1, 0.15) is 5.52 Å². The summed E-state index contributed by atoms with van der Waals surface area (Å²) >= 11 is 1.63. The minimum Gasteiger partial charge on any atom is -0.363 e. The Labute approximate surface area is 102 Å². The highest BCUT2D eigenvalue weighted by Gasteiger charge is 2.05. The summed E-state index contributed by atoms with van der Waals surface area (Å²) in [4.78, 5) is 9.56. The molecule has 0 atom stereocenters. The van der Waals surface area contributed by atoms with E-state index in [4.69, 9.17) is 0 Å². The molecule has 1 N–H and O–H groups in total. The number of anilines is 1. The van der Waals surface area contributed by atoms with Gasteiger partial charge in [-0.15, -0.1) is 11.3 Å². The van der Waals surface area contributed by atoms with Crippen LogP contribution < -0.4 is 5.32 Å². The zero-order valence-electron chi connectivity index (χ0n) is 9.29. The van der Waals surface area contributed by atoms with Gasteiger partial charge < -0.3 is 5.32 Å². The van der Waals surface area contributed by atoms with Gasteiger partial charge in [-0.2, -0.15) is 5.10 Å². The van der Waals surface area contributed by atoms with Gasteiger partial charge in [0.25, 0.3) is 0 Å². The van der Waals surface area contributed by atoms with Gasteiger partial charge >= 0.3 is 0 Å². The molecule has 0 spiro atoms. The topological polar surface area (TPSA) is 55.1 Å². The number of aromatic nitrogens is 4. The smallest absolute Gasteiger partial charge is 0.152 e. The van der Waals surface area contributed by atoms with Crippen molar-refractivity contribution in [3.63, 3.8) is 0 Å². The second-order valence-corrected chi connectivity index (χ2v) is 4.68. The van der Waals surface area contributed by atoms with Crippen molar-refractivity contribution < 1.29 is 0 Å². The van der Waals surface area contributed by atoms with Crippen LogP contribution in [0.25, 0.3) is 5.52 Å². The molecular formula is C11H11N5S. The standard InChI is InChI=1S/C11H11N5S/c1-8-4-10-11(13-2-3-16(10)15-8)14-6-9-5-12-7-17-9/h2-5,7H,6H2,1H3,(H,13,14). The Morgan fingerprint density at radius 3 is 3.24 bits per heavy atom. The van der Waals surface area contributed by atoms with Crippen molar-refractivity contribution in [3.8, 4) is 0 Å². The molecule has 0 aromatic carbocycles. The van der Waals surface area contributed by atoms with Crippen LogP contribution in [0.15, 0.2) is 30.2 Å². The van der Waals surface area contributed by atoms with Crippen molar-refractivity contribution in [2.45, 2.75) is 13.5 Å². The second-order valence-electron chi connectivity index (χ2n) is 3.71. The van der Waals surface area contributed by atoms with E-state index in [0.717, 1.165) is 23.6 Å². The highest BCUT2D eigenvalue weighted by atomic mass is 32.1. The fourth-order valence-corrected chi connectivity index (χ4v) is 2.22. The number of aryl methyl sites for hydroxylation is 1. The Morgan fingerprint density at radius 2 is 2.41 bits per heavy atom. The molecule has 3 aromatic rings. The van der Waals surface area contributed by atoms with Gasteiger partial charge in [0.2, 0.25) is 0 Å². The molecule has 3 rings (SSSR count). The van der Waals surface area contributed by atoms with Gasteiger partial charge in [-0.3, -0.25) is 4.98 Å². The number of rotatable bonds is 3. The van der Waals surface area contributed by atoms with Gasteiger partial charge in [0, 0.05) is 23.5 Å². The summed E-state index contributed by atoms with van der Waals surface area (Å²) in [6, 6.07) is 2.02. The summed E-state index contributed by atoms with van der Waals surface area (Å²) in [7, 11) is 0. The highest BCUT2D eigenvalue weighted by molar-refractivity contribution is 7.09. The molecular weight excluding hydrogens is 234 g/mol. The Bertz CT molecular complexity index is 628. The fourth-order valence-electron chi connectivity index (χ4n) is 1.68. The van der Waals surface area contributed by atoms with Gasteiger partial charge in [-0.1, -0.05) is 0 Å². The van der Waals surface area contributed by atoms with E-state index in [1.165, 1.54) is 4.88 Å². The molecule has 3 aromatic heterocycles. The zero-order chi connectivity index (χ0) is 11.7. The third-order valence-electron chi connectivity index (χ3n) is 2.43. The lowest BCUT2D eigenvalue weighted by molar-refractivity contribution is 0.920. The Morgan fingerprint density at radius 1 is 1.47 bits per heavy atom. The van der Waals surface area contributed by atoms with Crippen LogP contribution in [-0.4, -0.2) is 19.6 Å². The van der Waals surface area contributed by atoms with Crippen LogP contribution in [0, 0.1) is 6.92 Å². The van der Waals surface area contributed by atoms with E-state index in [9.17, 15) is 0 Å². The molecule has 0 unspecified atom stereocenters. The Hall–Kier alpha value is -1.95. The average molecular weight is 245 g/mol. The van der Waals surface area contributed by atoms with Crippen molar-refractivity contribution in [1.82, 2.24) is 19.6 Å². The van der Waals surface area contributed by atoms with Crippen molar-refractivity contribution in [1.29, 1.82) is 0 Å². The molecule has 3 heterocycles. The number of nitrogens with zero attached hydrogens (tertiary/aromatic N) is 4. The first kappa shape index (κ1) is 10.2. The molecule has 0 saturated carbocycles. The predicted molar refractivity (Wildman–Crippen MR) is 67.2 cm³/mol. The first-order valence-electron chi connectivity index (χ1n) is 5.25. The van der Waals surface area contributed by atoms with Gasteiger partial charge in [0.05, 0.1) is 17.7 Å². The maximum Gasteiger partial charge on any atom is 0.152 e. The number of hydrogen-bond donors (Lipinski definition) is 1. The molecule has 0 saturated heterocycles. The van der Waals surface area contributed by atoms with Crippen molar-refractivity contribution in [2.24, 2.45) is 0 Å². The van der Waals surface area contributed by atoms with E-state index in [0.29, 0.717) is 0 Å². The van der Waals surface area contributed by atoms with Crippen LogP contribution in [0.2, 0.25) is 0 Å². The normalized spacial score (nSPS) is 10.9. The predicted octanol–water partition coefficient (Wildman–Crippen LogP) is 2.11.